The van der Waals surface area contributed by atoms with Crippen LogP contribution in [0.25, 0.3) is 11.8 Å². The molecule has 1 fully saturated rings. The van der Waals surface area contributed by atoms with Crippen LogP contribution in [0.1, 0.15) is 75.1 Å². The number of unbranched alkanes of at least 4 members (excludes halogenated alkanes) is 2. The number of hydrogen-bond donors (Lipinski definition) is 2. The molecule has 1 aliphatic heterocycles. The first-order valence-electron chi connectivity index (χ1n) is 16.7. The van der Waals surface area contributed by atoms with Gasteiger partial charge in [-0.1, -0.05) is 87.9 Å². The number of hydrogen-bond acceptors (Lipinski definition) is 4. The monoisotopic (exact) mass is 648 g/mol. The molecule has 4 rings (SSSR count). The maximum Gasteiger partial charge on any atom is 0.416 e. The molecule has 1 aliphatic rings. The Bertz CT molecular complexity index is 1390. The number of anilines is 3. The van der Waals surface area contributed by atoms with Crippen LogP contribution in [0.2, 0.25) is 0 Å². The van der Waals surface area contributed by atoms with Crippen molar-refractivity contribution in [1.29, 1.82) is 0 Å². The van der Waals surface area contributed by atoms with E-state index in [4.69, 9.17) is 0 Å². The second kappa shape index (κ2) is 20.2. The Kier molecular flexibility index (Phi) is 16.8. The number of halogens is 3. The van der Waals surface area contributed by atoms with Gasteiger partial charge < -0.3 is 20.4 Å². The lowest BCUT2D eigenvalue weighted by atomic mass is 10.1. The molecule has 0 radical (unpaired) electrons. The van der Waals surface area contributed by atoms with Gasteiger partial charge in [0, 0.05) is 51.2 Å². The van der Waals surface area contributed by atoms with E-state index in [1.54, 1.807) is 0 Å². The van der Waals surface area contributed by atoms with E-state index in [0.717, 1.165) is 56.1 Å². The molecule has 2 N–H and O–H groups in total. The fourth-order valence-corrected chi connectivity index (χ4v) is 5.11. The number of benzene rings is 3. The highest BCUT2D eigenvalue weighted by Crippen LogP contribution is 2.31. The summed E-state index contributed by atoms with van der Waals surface area (Å²) >= 11 is 0. The molecule has 0 unspecified atom stereocenters. The molecule has 0 bridgehead atoms. The van der Waals surface area contributed by atoms with Crippen LogP contribution < -0.4 is 20.4 Å². The smallest absolute Gasteiger partial charge is 0.386 e. The standard InChI is InChI=1S/C24H34N4.C9H7F3.C7H14/c1-5-6-13-26-20(3)21-11-12-24(22(18-21)25-4)28-16-14-27(15-17-28)23-10-8-7-9-19(23)2;1-2-7-3-5-8(6-4-7)9(10,11)12;1-4-5-6-7(2)3/h7-12,18,25-26H,3,5-6,13-17H2,1-2,4H3;2-6H,1H2;2,4-6H2,1,3H3. The number of rotatable bonds is 12. The maximum atomic E-state index is 12.0. The van der Waals surface area contributed by atoms with E-state index in [0.29, 0.717) is 5.56 Å². The van der Waals surface area contributed by atoms with E-state index in [1.807, 2.05) is 7.05 Å². The van der Waals surface area contributed by atoms with Gasteiger partial charge in [-0.05, 0) is 80.1 Å². The summed E-state index contributed by atoms with van der Waals surface area (Å²) in [6.07, 6.45) is 3.40. The molecule has 7 heteroatoms. The molecule has 3 aromatic carbocycles. The van der Waals surface area contributed by atoms with E-state index in [9.17, 15) is 13.2 Å². The first kappa shape index (κ1) is 39.1. The van der Waals surface area contributed by atoms with Crippen LogP contribution in [-0.4, -0.2) is 39.8 Å². The molecule has 1 saturated heterocycles. The normalized spacial score (nSPS) is 12.6. The van der Waals surface area contributed by atoms with Crippen molar-refractivity contribution in [2.24, 2.45) is 0 Å². The number of piperazine rings is 1. The van der Waals surface area contributed by atoms with Crippen molar-refractivity contribution < 1.29 is 13.2 Å². The van der Waals surface area contributed by atoms with Crippen molar-refractivity contribution in [3.05, 3.63) is 114 Å². The predicted octanol–water partition coefficient (Wildman–Crippen LogP) is 10.8. The third kappa shape index (κ3) is 13.3. The Labute approximate surface area is 282 Å². The van der Waals surface area contributed by atoms with Gasteiger partial charge in [0.2, 0.25) is 0 Å². The van der Waals surface area contributed by atoms with Gasteiger partial charge in [-0.15, -0.1) is 6.58 Å². The lowest BCUT2D eigenvalue weighted by Gasteiger charge is -2.38. The molecule has 3 aromatic rings. The number of nitrogens with one attached hydrogen (secondary N) is 2. The van der Waals surface area contributed by atoms with Gasteiger partial charge in [-0.2, -0.15) is 13.2 Å². The highest BCUT2D eigenvalue weighted by Gasteiger charge is 2.29. The van der Waals surface area contributed by atoms with Crippen LogP contribution in [0.3, 0.4) is 0 Å². The van der Waals surface area contributed by atoms with Crippen molar-refractivity contribution in [3.63, 3.8) is 0 Å². The molecule has 0 amide bonds. The Morgan fingerprint density at radius 2 is 1.45 bits per heavy atom. The van der Waals surface area contributed by atoms with E-state index in [-0.39, 0.29) is 0 Å². The van der Waals surface area contributed by atoms with Gasteiger partial charge in [-0.3, -0.25) is 0 Å². The molecule has 256 valence electrons. The van der Waals surface area contributed by atoms with Crippen LogP contribution in [0.5, 0.6) is 0 Å². The van der Waals surface area contributed by atoms with E-state index >= 15 is 0 Å². The van der Waals surface area contributed by atoms with Gasteiger partial charge in [-0.25, -0.2) is 0 Å². The lowest BCUT2D eigenvalue weighted by molar-refractivity contribution is -0.137. The first-order valence-corrected chi connectivity index (χ1v) is 16.7. The first-order chi connectivity index (χ1) is 22.4. The molecule has 1 heterocycles. The lowest BCUT2D eigenvalue weighted by Crippen LogP contribution is -2.47. The van der Waals surface area contributed by atoms with Crippen molar-refractivity contribution >= 4 is 28.8 Å². The Balaban J connectivity index is 0.000000331. The van der Waals surface area contributed by atoms with Crippen molar-refractivity contribution in [3.8, 4) is 0 Å². The van der Waals surface area contributed by atoms with Crippen molar-refractivity contribution in [1.82, 2.24) is 5.32 Å². The minimum Gasteiger partial charge on any atom is -0.386 e. The molecular weight excluding hydrogens is 593 g/mol. The molecule has 0 spiro atoms. The summed E-state index contributed by atoms with van der Waals surface area (Å²) in [7, 11) is 2.00. The number of nitrogens with zero attached hydrogens (tertiary/aromatic N) is 2. The van der Waals surface area contributed by atoms with Gasteiger partial charge in [0.1, 0.15) is 0 Å². The quantitative estimate of drug-likeness (QED) is 0.151. The molecule has 47 heavy (non-hydrogen) atoms. The minimum absolute atomic E-state index is 0.631. The summed E-state index contributed by atoms with van der Waals surface area (Å²) < 4.78 is 36.0. The van der Waals surface area contributed by atoms with Gasteiger partial charge >= 0.3 is 6.18 Å². The minimum atomic E-state index is -4.25. The Morgan fingerprint density at radius 1 is 0.851 bits per heavy atom. The zero-order valence-corrected chi connectivity index (χ0v) is 29.1. The van der Waals surface area contributed by atoms with Gasteiger partial charge in [0.05, 0.1) is 16.9 Å². The number of alkyl halides is 3. The van der Waals surface area contributed by atoms with Crippen LogP contribution in [0.4, 0.5) is 30.2 Å². The summed E-state index contributed by atoms with van der Waals surface area (Å²) in [5.41, 5.74) is 8.67. The van der Waals surface area contributed by atoms with Crippen molar-refractivity contribution in [2.75, 3.05) is 54.9 Å². The fourth-order valence-electron chi connectivity index (χ4n) is 5.11. The predicted molar refractivity (Wildman–Crippen MR) is 199 cm³/mol. The maximum absolute atomic E-state index is 12.0. The largest absolute Gasteiger partial charge is 0.416 e. The zero-order valence-electron chi connectivity index (χ0n) is 29.1. The number of aryl methyl sites for hydroxylation is 1. The molecule has 0 atom stereocenters. The molecule has 4 nitrogen and oxygen atoms in total. The van der Waals surface area contributed by atoms with E-state index in [2.05, 4.69) is 110 Å². The second-order valence-corrected chi connectivity index (χ2v) is 11.9. The summed E-state index contributed by atoms with van der Waals surface area (Å²) in [5.74, 6) is 0. The highest BCUT2D eigenvalue weighted by atomic mass is 19.4. The van der Waals surface area contributed by atoms with Crippen molar-refractivity contribution in [2.45, 2.75) is 66.0 Å². The van der Waals surface area contributed by atoms with Gasteiger partial charge in [0.15, 0.2) is 0 Å². The van der Waals surface area contributed by atoms with E-state index < -0.39 is 11.7 Å². The summed E-state index contributed by atoms with van der Waals surface area (Å²) in [6.45, 7) is 25.2. The summed E-state index contributed by atoms with van der Waals surface area (Å²) in [6, 6.07) is 20.2. The molecule has 0 aromatic heterocycles. The Hall–Kier alpha value is -4.13. The number of para-hydroxylation sites is 1. The van der Waals surface area contributed by atoms with Crippen LogP contribution >= 0.6 is 0 Å². The summed E-state index contributed by atoms with van der Waals surface area (Å²) in [5, 5.41) is 6.82. The van der Waals surface area contributed by atoms with E-state index in [1.165, 1.54) is 78.5 Å². The SMILES string of the molecule is C=C(C)CCCC.C=C(NCCCC)c1ccc(N2CCN(c3ccccc3C)CC2)c(NC)c1.C=Cc1ccc(C(F)(F)F)cc1. The third-order valence-electron chi connectivity index (χ3n) is 7.99. The highest BCUT2D eigenvalue weighted by molar-refractivity contribution is 5.76. The summed E-state index contributed by atoms with van der Waals surface area (Å²) in [4.78, 5) is 4.98. The third-order valence-corrected chi connectivity index (χ3v) is 7.99. The Morgan fingerprint density at radius 3 is 1.94 bits per heavy atom. The fraction of sp³-hybridized carbons (Fsp3) is 0.400. The van der Waals surface area contributed by atoms with Crippen LogP contribution in [-0.2, 0) is 6.18 Å². The van der Waals surface area contributed by atoms with Crippen LogP contribution in [0, 0.1) is 6.92 Å². The zero-order chi connectivity index (χ0) is 34.8. The average molecular weight is 649 g/mol. The second-order valence-electron chi connectivity index (χ2n) is 11.9. The molecule has 0 saturated carbocycles. The molecular formula is C40H55F3N4. The van der Waals surface area contributed by atoms with Gasteiger partial charge in [0.25, 0.3) is 0 Å². The topological polar surface area (TPSA) is 30.5 Å². The average Bonchev–Trinajstić information content (AvgIpc) is 3.07. The number of allylic oxidation sites excluding steroid dienone is 1. The van der Waals surface area contributed by atoms with Crippen LogP contribution in [0.15, 0.2) is 92.0 Å². The molecule has 0 aliphatic carbocycles.